The lowest BCUT2D eigenvalue weighted by molar-refractivity contribution is 0.0555. The smallest absolute Gasteiger partial charge is 0.338 e. The maximum atomic E-state index is 12.9. The van der Waals surface area contributed by atoms with Crippen LogP contribution in [0, 0.1) is 5.82 Å². The quantitative estimate of drug-likeness (QED) is 0.824. The van der Waals surface area contributed by atoms with Crippen LogP contribution in [0.15, 0.2) is 42.5 Å². The average molecular weight is 331 g/mol. The summed E-state index contributed by atoms with van der Waals surface area (Å²) >= 11 is 0. The minimum absolute atomic E-state index is 0.135. The molecule has 5 nitrogen and oxygen atoms in total. The fourth-order valence-electron chi connectivity index (χ4n) is 2.22. The minimum atomic E-state index is -0.613. The summed E-state index contributed by atoms with van der Waals surface area (Å²) in [5.41, 5.74) is 1.94. The summed E-state index contributed by atoms with van der Waals surface area (Å²) in [6, 6.07) is 11.0. The number of ether oxygens (including phenoxy) is 2. The van der Waals surface area contributed by atoms with Gasteiger partial charge in [-0.3, -0.25) is 0 Å². The molecule has 2 aromatic rings. The van der Waals surface area contributed by atoms with E-state index in [4.69, 9.17) is 4.74 Å². The molecule has 24 heavy (non-hydrogen) atoms. The fraction of sp³-hybridized carbons (Fsp3) is 0.222. The molecule has 0 spiro atoms. The number of methoxy groups -OCH3 is 2. The van der Waals surface area contributed by atoms with Crippen LogP contribution in [0.3, 0.4) is 0 Å². The van der Waals surface area contributed by atoms with Crippen LogP contribution < -0.4 is 5.32 Å². The van der Waals surface area contributed by atoms with Gasteiger partial charge in [-0.15, -0.1) is 0 Å². The van der Waals surface area contributed by atoms with Gasteiger partial charge in [0.25, 0.3) is 0 Å². The lowest BCUT2D eigenvalue weighted by Gasteiger charge is -2.11. The Labute approximate surface area is 139 Å². The molecule has 0 fully saturated rings. The maximum absolute atomic E-state index is 12.9. The van der Waals surface area contributed by atoms with E-state index in [2.05, 4.69) is 10.1 Å². The lowest BCUT2D eigenvalue weighted by atomic mass is 10.1. The SMILES string of the molecule is COC(=O)c1ccc(NCCc2ccc(F)cc2)cc1C(=O)OC. The van der Waals surface area contributed by atoms with Gasteiger partial charge in [-0.25, -0.2) is 14.0 Å². The Morgan fingerprint density at radius 3 is 2.21 bits per heavy atom. The topological polar surface area (TPSA) is 64.6 Å². The normalized spacial score (nSPS) is 10.1. The summed E-state index contributed by atoms with van der Waals surface area (Å²) in [6.45, 7) is 0.587. The molecule has 1 N–H and O–H groups in total. The molecule has 0 amide bonds. The molecule has 0 atom stereocenters. The number of benzene rings is 2. The molecule has 0 heterocycles. The Morgan fingerprint density at radius 2 is 1.58 bits per heavy atom. The van der Waals surface area contributed by atoms with Crippen LogP contribution in [0.1, 0.15) is 26.3 Å². The molecule has 0 bridgehead atoms. The molecule has 0 aliphatic rings. The number of carbonyl (C=O) groups excluding carboxylic acids is 2. The Morgan fingerprint density at radius 1 is 0.958 bits per heavy atom. The first-order valence-corrected chi connectivity index (χ1v) is 7.34. The van der Waals surface area contributed by atoms with Crippen molar-refractivity contribution >= 4 is 17.6 Å². The Hall–Kier alpha value is -2.89. The van der Waals surface area contributed by atoms with Crippen LogP contribution in [-0.4, -0.2) is 32.7 Å². The van der Waals surface area contributed by atoms with Crippen molar-refractivity contribution in [3.8, 4) is 0 Å². The number of halogens is 1. The van der Waals surface area contributed by atoms with Gasteiger partial charge in [-0.05, 0) is 42.3 Å². The van der Waals surface area contributed by atoms with Gasteiger partial charge in [0.2, 0.25) is 0 Å². The van der Waals surface area contributed by atoms with Gasteiger partial charge in [-0.2, -0.15) is 0 Å². The zero-order valence-corrected chi connectivity index (χ0v) is 13.5. The van der Waals surface area contributed by atoms with E-state index in [-0.39, 0.29) is 16.9 Å². The van der Waals surface area contributed by atoms with E-state index < -0.39 is 11.9 Å². The second-order valence-electron chi connectivity index (χ2n) is 5.05. The van der Waals surface area contributed by atoms with Gasteiger partial charge in [0.1, 0.15) is 5.82 Å². The molecular weight excluding hydrogens is 313 g/mol. The van der Waals surface area contributed by atoms with E-state index in [1.54, 1.807) is 24.3 Å². The van der Waals surface area contributed by atoms with Crippen molar-refractivity contribution < 1.29 is 23.5 Å². The number of carbonyl (C=O) groups is 2. The first-order valence-electron chi connectivity index (χ1n) is 7.34. The number of hydrogen-bond acceptors (Lipinski definition) is 5. The number of nitrogens with one attached hydrogen (secondary N) is 1. The summed E-state index contributed by atoms with van der Waals surface area (Å²) in [5, 5.41) is 3.16. The van der Waals surface area contributed by atoms with E-state index in [0.717, 1.165) is 5.56 Å². The third kappa shape index (κ3) is 4.32. The van der Waals surface area contributed by atoms with Crippen molar-refractivity contribution in [3.05, 3.63) is 65.0 Å². The average Bonchev–Trinajstić information content (AvgIpc) is 2.62. The third-order valence-electron chi connectivity index (χ3n) is 3.49. The lowest BCUT2D eigenvalue weighted by Crippen LogP contribution is -2.13. The summed E-state index contributed by atoms with van der Waals surface area (Å²) in [6.07, 6.45) is 0.687. The van der Waals surface area contributed by atoms with Gasteiger partial charge in [0.15, 0.2) is 0 Å². The van der Waals surface area contributed by atoms with Gasteiger partial charge < -0.3 is 14.8 Å². The molecule has 6 heteroatoms. The summed E-state index contributed by atoms with van der Waals surface area (Å²) in [4.78, 5) is 23.6. The highest BCUT2D eigenvalue weighted by molar-refractivity contribution is 6.03. The maximum Gasteiger partial charge on any atom is 0.338 e. The zero-order valence-electron chi connectivity index (χ0n) is 13.5. The Balaban J connectivity index is 2.08. The molecular formula is C18H18FNO4. The summed E-state index contributed by atoms with van der Waals surface area (Å²) in [5.74, 6) is -1.49. The van der Waals surface area contributed by atoms with Gasteiger partial charge in [-0.1, -0.05) is 12.1 Å². The molecule has 0 saturated heterocycles. The van der Waals surface area contributed by atoms with Gasteiger partial charge >= 0.3 is 11.9 Å². The number of rotatable bonds is 6. The van der Waals surface area contributed by atoms with Crippen molar-refractivity contribution in [2.24, 2.45) is 0 Å². The van der Waals surface area contributed by atoms with Crippen LogP contribution in [0.2, 0.25) is 0 Å². The molecule has 0 radical (unpaired) electrons. The molecule has 0 saturated carbocycles. The van der Waals surface area contributed by atoms with Gasteiger partial charge in [0.05, 0.1) is 25.3 Å². The standard InChI is InChI=1S/C18H18FNO4/c1-23-17(21)15-8-7-14(11-16(15)18(22)24-2)20-10-9-12-3-5-13(19)6-4-12/h3-8,11,20H,9-10H2,1-2H3. The first-order chi connectivity index (χ1) is 11.5. The second-order valence-corrected chi connectivity index (χ2v) is 5.05. The molecule has 0 aromatic heterocycles. The fourth-order valence-corrected chi connectivity index (χ4v) is 2.22. The summed E-state index contributed by atoms with van der Waals surface area (Å²) < 4.78 is 22.2. The predicted molar refractivity (Wildman–Crippen MR) is 87.7 cm³/mol. The number of anilines is 1. The summed E-state index contributed by atoms with van der Waals surface area (Å²) in [7, 11) is 2.50. The minimum Gasteiger partial charge on any atom is -0.465 e. The zero-order chi connectivity index (χ0) is 17.5. The third-order valence-corrected chi connectivity index (χ3v) is 3.49. The highest BCUT2D eigenvalue weighted by Gasteiger charge is 2.18. The highest BCUT2D eigenvalue weighted by Crippen LogP contribution is 2.18. The van der Waals surface area contributed by atoms with Crippen molar-refractivity contribution in [1.82, 2.24) is 0 Å². The molecule has 126 valence electrons. The Bertz CT molecular complexity index is 728. The van der Waals surface area contributed by atoms with E-state index in [1.165, 1.54) is 32.4 Å². The Kier molecular flexibility index (Phi) is 5.89. The van der Waals surface area contributed by atoms with E-state index in [1.807, 2.05) is 0 Å². The molecule has 2 aromatic carbocycles. The molecule has 2 rings (SSSR count). The van der Waals surface area contributed by atoms with E-state index in [0.29, 0.717) is 18.7 Å². The van der Waals surface area contributed by atoms with Crippen LogP contribution in [0.25, 0.3) is 0 Å². The largest absolute Gasteiger partial charge is 0.465 e. The molecule has 0 aliphatic carbocycles. The van der Waals surface area contributed by atoms with Crippen molar-refractivity contribution in [1.29, 1.82) is 0 Å². The van der Waals surface area contributed by atoms with E-state index >= 15 is 0 Å². The monoisotopic (exact) mass is 331 g/mol. The number of esters is 2. The molecule has 0 aliphatic heterocycles. The molecule has 0 unspecified atom stereocenters. The van der Waals surface area contributed by atoms with Crippen molar-refractivity contribution in [2.45, 2.75) is 6.42 Å². The van der Waals surface area contributed by atoms with Crippen LogP contribution in [0.5, 0.6) is 0 Å². The highest BCUT2D eigenvalue weighted by atomic mass is 19.1. The number of hydrogen-bond donors (Lipinski definition) is 1. The van der Waals surface area contributed by atoms with Crippen LogP contribution in [0.4, 0.5) is 10.1 Å². The van der Waals surface area contributed by atoms with E-state index in [9.17, 15) is 14.0 Å². The van der Waals surface area contributed by atoms with Gasteiger partial charge in [0, 0.05) is 12.2 Å². The first kappa shape index (κ1) is 17.5. The predicted octanol–water partition coefficient (Wildman–Crippen LogP) is 3.05. The van der Waals surface area contributed by atoms with Crippen molar-refractivity contribution in [3.63, 3.8) is 0 Å². The van der Waals surface area contributed by atoms with Crippen LogP contribution in [-0.2, 0) is 15.9 Å². The van der Waals surface area contributed by atoms with Crippen LogP contribution >= 0.6 is 0 Å². The second kappa shape index (κ2) is 8.10. The van der Waals surface area contributed by atoms with Crippen molar-refractivity contribution in [2.75, 3.05) is 26.1 Å².